The molecule has 0 radical (unpaired) electrons. The zero-order valence-electron chi connectivity index (χ0n) is 15.1. The molecule has 1 rings (SSSR count). The van der Waals surface area contributed by atoms with E-state index in [9.17, 15) is 14.4 Å². The van der Waals surface area contributed by atoms with E-state index in [1.807, 2.05) is 41.5 Å². The van der Waals surface area contributed by atoms with Gasteiger partial charge in [-0.05, 0) is 17.8 Å². The Morgan fingerprint density at radius 2 is 1.64 bits per heavy atom. The Hall–Kier alpha value is -1.39. The summed E-state index contributed by atoms with van der Waals surface area (Å²) < 4.78 is 0. The second-order valence-corrected chi connectivity index (χ2v) is 8.35. The van der Waals surface area contributed by atoms with Gasteiger partial charge in [-0.1, -0.05) is 48.5 Å². The second-order valence-electron chi connectivity index (χ2n) is 8.35. The summed E-state index contributed by atoms with van der Waals surface area (Å²) in [6.45, 7) is 15.5. The zero-order valence-corrected chi connectivity index (χ0v) is 15.1. The molecule has 1 unspecified atom stereocenters. The average molecular weight is 310 g/mol. The third-order valence-electron chi connectivity index (χ3n) is 4.35. The van der Waals surface area contributed by atoms with Gasteiger partial charge in [-0.15, -0.1) is 0 Å². The predicted molar refractivity (Wildman–Crippen MR) is 86.3 cm³/mol. The van der Waals surface area contributed by atoms with Gasteiger partial charge in [0, 0.05) is 6.42 Å². The van der Waals surface area contributed by atoms with Crippen LogP contribution in [0.3, 0.4) is 0 Å². The first kappa shape index (κ1) is 18.7. The lowest BCUT2D eigenvalue weighted by Crippen LogP contribution is -2.54. The summed E-state index contributed by atoms with van der Waals surface area (Å²) in [5.41, 5.74) is -0.456. The van der Waals surface area contributed by atoms with Gasteiger partial charge in [0.1, 0.15) is 5.78 Å². The molecule has 1 saturated heterocycles. The van der Waals surface area contributed by atoms with E-state index in [4.69, 9.17) is 0 Å². The number of ketones is 1. The molecule has 0 aromatic carbocycles. The number of nitrogens with one attached hydrogen (secondary N) is 1. The van der Waals surface area contributed by atoms with Crippen LogP contribution in [-0.4, -0.2) is 34.7 Å². The number of Topliss-reactive ketones (excluding diaryl/α,β-unsaturated/α-hetero) is 1. The van der Waals surface area contributed by atoms with Gasteiger partial charge in [0.15, 0.2) is 0 Å². The van der Waals surface area contributed by atoms with E-state index in [-0.39, 0.29) is 34.7 Å². The number of carbonyl (C=O) groups is 3. The first-order chi connectivity index (χ1) is 9.82. The number of carbonyl (C=O) groups excluding carboxylic acids is 3. The molecule has 5 heteroatoms. The highest BCUT2D eigenvalue weighted by Crippen LogP contribution is 2.38. The summed E-state index contributed by atoms with van der Waals surface area (Å²) >= 11 is 0. The molecular formula is C17H30N2O3. The number of amides is 3. The molecule has 0 spiro atoms. The third-order valence-corrected chi connectivity index (χ3v) is 4.35. The number of hydrogen-bond acceptors (Lipinski definition) is 3. The molecule has 1 aliphatic rings. The van der Waals surface area contributed by atoms with Gasteiger partial charge >= 0.3 is 6.03 Å². The molecule has 3 atom stereocenters. The van der Waals surface area contributed by atoms with Crippen molar-refractivity contribution < 1.29 is 14.4 Å². The fourth-order valence-electron chi connectivity index (χ4n) is 3.02. The standard InChI is InChI=1S/C17H30N2O3/c1-9-11(20)10(2)14(21)19-13(17(6,7)8)12(16(3,4)5)18-15(19)22/h10,12-13H,9H2,1-8H3,(H,18,22)/t10?,12-,13-/m0/s1. The average Bonchev–Trinajstić information content (AvgIpc) is 2.73. The number of urea groups is 1. The molecule has 1 aliphatic heterocycles. The van der Waals surface area contributed by atoms with Crippen molar-refractivity contribution in [2.75, 3.05) is 0 Å². The molecule has 22 heavy (non-hydrogen) atoms. The van der Waals surface area contributed by atoms with Crippen LogP contribution in [0.2, 0.25) is 0 Å². The fraction of sp³-hybridized carbons (Fsp3) is 0.824. The SMILES string of the molecule is CCC(=O)C(C)C(=O)N1C(=O)N[C@H](C(C)(C)C)[C@H]1C(C)(C)C. The Kier molecular flexibility index (Phi) is 5.10. The minimum atomic E-state index is -0.778. The normalized spacial score (nSPS) is 24.2. The van der Waals surface area contributed by atoms with E-state index >= 15 is 0 Å². The van der Waals surface area contributed by atoms with Gasteiger partial charge in [0.2, 0.25) is 5.91 Å². The van der Waals surface area contributed by atoms with Gasteiger partial charge in [-0.25, -0.2) is 4.79 Å². The molecule has 5 nitrogen and oxygen atoms in total. The molecule has 126 valence electrons. The number of hydrogen-bond donors (Lipinski definition) is 1. The van der Waals surface area contributed by atoms with E-state index < -0.39 is 11.8 Å². The van der Waals surface area contributed by atoms with Crippen molar-refractivity contribution in [2.45, 2.75) is 73.9 Å². The van der Waals surface area contributed by atoms with Crippen LogP contribution in [0.25, 0.3) is 0 Å². The van der Waals surface area contributed by atoms with Gasteiger partial charge in [0.25, 0.3) is 0 Å². The highest BCUT2D eigenvalue weighted by Gasteiger charge is 2.53. The van der Waals surface area contributed by atoms with Crippen LogP contribution in [0.15, 0.2) is 0 Å². The minimum absolute atomic E-state index is 0.135. The smallest absolute Gasteiger partial charge is 0.324 e. The highest BCUT2D eigenvalue weighted by molar-refractivity contribution is 6.07. The lowest BCUT2D eigenvalue weighted by Gasteiger charge is -2.41. The highest BCUT2D eigenvalue weighted by atomic mass is 16.2. The molecular weight excluding hydrogens is 280 g/mol. The van der Waals surface area contributed by atoms with Crippen LogP contribution in [0, 0.1) is 16.7 Å². The fourth-order valence-corrected chi connectivity index (χ4v) is 3.02. The van der Waals surface area contributed by atoms with Crippen LogP contribution in [0.1, 0.15) is 61.8 Å². The lowest BCUT2D eigenvalue weighted by molar-refractivity contribution is -0.140. The van der Waals surface area contributed by atoms with E-state index in [0.29, 0.717) is 6.42 Å². The second kappa shape index (κ2) is 6.01. The topological polar surface area (TPSA) is 66.5 Å². The molecule has 3 amide bonds. The zero-order chi connectivity index (χ0) is 17.5. The van der Waals surface area contributed by atoms with Crippen LogP contribution in [0.4, 0.5) is 4.79 Å². The molecule has 1 heterocycles. The van der Waals surface area contributed by atoms with Gasteiger partial charge in [-0.2, -0.15) is 0 Å². The van der Waals surface area contributed by atoms with Crippen molar-refractivity contribution in [1.29, 1.82) is 0 Å². The lowest BCUT2D eigenvalue weighted by atomic mass is 9.73. The Morgan fingerprint density at radius 3 is 2.00 bits per heavy atom. The summed E-state index contributed by atoms with van der Waals surface area (Å²) in [5, 5.41) is 2.95. The molecule has 0 aromatic heterocycles. The maximum Gasteiger partial charge on any atom is 0.324 e. The van der Waals surface area contributed by atoms with Gasteiger partial charge < -0.3 is 5.32 Å². The van der Waals surface area contributed by atoms with Crippen molar-refractivity contribution in [3.05, 3.63) is 0 Å². The summed E-state index contributed by atoms with van der Waals surface area (Å²) in [5.74, 6) is -1.31. The summed E-state index contributed by atoms with van der Waals surface area (Å²) in [6, 6.07) is -0.812. The van der Waals surface area contributed by atoms with Gasteiger partial charge in [-0.3, -0.25) is 14.5 Å². The van der Waals surface area contributed by atoms with Crippen molar-refractivity contribution in [3.8, 4) is 0 Å². The van der Waals surface area contributed by atoms with E-state index in [0.717, 1.165) is 0 Å². The first-order valence-corrected chi connectivity index (χ1v) is 7.98. The van der Waals surface area contributed by atoms with Crippen LogP contribution < -0.4 is 5.32 Å². The largest absolute Gasteiger partial charge is 0.332 e. The molecule has 0 saturated carbocycles. The van der Waals surface area contributed by atoms with E-state index in [2.05, 4.69) is 5.32 Å². The van der Waals surface area contributed by atoms with E-state index in [1.54, 1.807) is 13.8 Å². The van der Waals surface area contributed by atoms with Crippen LogP contribution in [0.5, 0.6) is 0 Å². The Bertz CT molecular complexity index is 471. The minimum Gasteiger partial charge on any atom is -0.332 e. The Morgan fingerprint density at radius 1 is 1.14 bits per heavy atom. The summed E-state index contributed by atoms with van der Waals surface area (Å²) in [7, 11) is 0. The maximum absolute atomic E-state index is 12.7. The van der Waals surface area contributed by atoms with Crippen molar-refractivity contribution in [1.82, 2.24) is 10.2 Å². The monoisotopic (exact) mass is 310 g/mol. The maximum atomic E-state index is 12.7. The number of rotatable bonds is 3. The predicted octanol–water partition coefficient (Wildman–Crippen LogP) is 2.98. The summed E-state index contributed by atoms with van der Waals surface area (Å²) in [4.78, 5) is 38.3. The van der Waals surface area contributed by atoms with Crippen LogP contribution in [-0.2, 0) is 9.59 Å². The molecule has 1 N–H and O–H groups in total. The van der Waals surface area contributed by atoms with Crippen molar-refractivity contribution in [3.63, 3.8) is 0 Å². The molecule has 0 aromatic rings. The molecule has 0 aliphatic carbocycles. The Balaban J connectivity index is 3.24. The first-order valence-electron chi connectivity index (χ1n) is 7.98. The van der Waals surface area contributed by atoms with E-state index in [1.165, 1.54) is 4.90 Å². The molecule has 0 bridgehead atoms. The van der Waals surface area contributed by atoms with Crippen LogP contribution >= 0.6 is 0 Å². The molecule has 1 fully saturated rings. The third kappa shape index (κ3) is 3.50. The number of imide groups is 1. The summed E-state index contributed by atoms with van der Waals surface area (Å²) in [6.07, 6.45) is 0.297. The number of nitrogens with zero attached hydrogens (tertiary/aromatic N) is 1. The Labute approximate surface area is 133 Å². The van der Waals surface area contributed by atoms with Crippen molar-refractivity contribution >= 4 is 17.7 Å². The van der Waals surface area contributed by atoms with Crippen molar-refractivity contribution in [2.24, 2.45) is 16.7 Å². The van der Waals surface area contributed by atoms with Gasteiger partial charge in [0.05, 0.1) is 18.0 Å². The quantitative estimate of drug-likeness (QED) is 0.815.